The van der Waals surface area contributed by atoms with Gasteiger partial charge in [-0.05, 0) is 19.1 Å². The second-order valence-electron chi connectivity index (χ2n) is 5.02. The van der Waals surface area contributed by atoms with Gasteiger partial charge in [-0.2, -0.15) is 0 Å². The first kappa shape index (κ1) is 16.9. The number of benzene rings is 2. The van der Waals surface area contributed by atoms with Gasteiger partial charge >= 0.3 is 5.97 Å². The standard InChI is InChI=1S/C16H13ClFNO4/c1-16(15(20)23-2,11-8-7-10(17)9-13(11)18)12-5-3-4-6-14(12)19(21)22/h3-9H,1-2H3. The average Bonchev–Trinajstić information content (AvgIpc) is 2.53. The quantitative estimate of drug-likeness (QED) is 0.482. The van der Waals surface area contributed by atoms with E-state index in [9.17, 15) is 19.3 Å². The zero-order valence-electron chi connectivity index (χ0n) is 12.4. The Balaban J connectivity index is 2.81. The minimum atomic E-state index is -1.69. The first-order chi connectivity index (χ1) is 10.8. The predicted octanol–water partition coefficient (Wildman–Crippen LogP) is 3.87. The molecule has 0 spiro atoms. The lowest BCUT2D eigenvalue weighted by Gasteiger charge is -2.27. The normalized spacial score (nSPS) is 13.2. The highest BCUT2D eigenvalue weighted by atomic mass is 35.5. The van der Waals surface area contributed by atoms with E-state index in [1.165, 1.54) is 43.3 Å². The summed E-state index contributed by atoms with van der Waals surface area (Å²) < 4.78 is 19.2. The third-order valence-electron chi connectivity index (χ3n) is 3.70. The molecule has 0 aliphatic rings. The van der Waals surface area contributed by atoms with Crippen molar-refractivity contribution in [2.24, 2.45) is 0 Å². The lowest BCUT2D eigenvalue weighted by Crippen LogP contribution is -2.36. The van der Waals surface area contributed by atoms with Crippen LogP contribution in [0.3, 0.4) is 0 Å². The first-order valence-electron chi connectivity index (χ1n) is 6.60. The summed E-state index contributed by atoms with van der Waals surface area (Å²) in [5.41, 5.74) is -2.00. The van der Waals surface area contributed by atoms with Crippen molar-refractivity contribution in [3.8, 4) is 0 Å². The largest absolute Gasteiger partial charge is 0.468 e. The molecule has 0 bridgehead atoms. The molecule has 0 aliphatic heterocycles. The Hall–Kier alpha value is -2.47. The molecule has 1 unspecified atom stereocenters. The molecular weight excluding hydrogens is 325 g/mol. The second kappa shape index (κ2) is 6.34. The lowest BCUT2D eigenvalue weighted by atomic mass is 9.75. The molecule has 0 amide bonds. The fourth-order valence-electron chi connectivity index (χ4n) is 2.52. The Morgan fingerprint density at radius 1 is 1.26 bits per heavy atom. The van der Waals surface area contributed by atoms with Gasteiger partial charge in [0.1, 0.15) is 11.2 Å². The number of nitro benzene ring substituents is 1. The van der Waals surface area contributed by atoms with E-state index in [1.54, 1.807) is 0 Å². The van der Waals surface area contributed by atoms with Crippen LogP contribution in [0.15, 0.2) is 42.5 Å². The number of carbonyl (C=O) groups excluding carboxylic acids is 1. The number of nitrogens with zero attached hydrogens (tertiary/aromatic N) is 1. The van der Waals surface area contributed by atoms with Crippen LogP contribution in [0.4, 0.5) is 10.1 Å². The molecule has 0 aliphatic carbocycles. The van der Waals surface area contributed by atoms with Crippen molar-refractivity contribution < 1.29 is 18.8 Å². The molecular formula is C16H13ClFNO4. The molecule has 23 heavy (non-hydrogen) atoms. The SMILES string of the molecule is COC(=O)C(C)(c1ccc(Cl)cc1F)c1ccccc1[N+](=O)[O-]. The molecule has 1 atom stereocenters. The summed E-state index contributed by atoms with van der Waals surface area (Å²) in [5.74, 6) is -1.56. The van der Waals surface area contributed by atoms with Crippen molar-refractivity contribution in [1.29, 1.82) is 0 Å². The first-order valence-corrected chi connectivity index (χ1v) is 6.98. The van der Waals surface area contributed by atoms with Crippen molar-refractivity contribution >= 4 is 23.3 Å². The van der Waals surface area contributed by atoms with Gasteiger partial charge in [-0.15, -0.1) is 0 Å². The van der Waals surface area contributed by atoms with E-state index in [1.807, 2.05) is 0 Å². The number of methoxy groups -OCH3 is 1. The van der Waals surface area contributed by atoms with Crippen LogP contribution in [-0.4, -0.2) is 18.0 Å². The molecule has 2 rings (SSSR count). The number of nitro groups is 1. The lowest BCUT2D eigenvalue weighted by molar-refractivity contribution is -0.385. The van der Waals surface area contributed by atoms with Crippen molar-refractivity contribution in [2.45, 2.75) is 12.3 Å². The van der Waals surface area contributed by atoms with Crippen molar-refractivity contribution in [1.82, 2.24) is 0 Å². The van der Waals surface area contributed by atoms with Gasteiger partial charge in [-0.3, -0.25) is 14.9 Å². The Kier molecular flexibility index (Phi) is 4.65. The van der Waals surface area contributed by atoms with Crippen molar-refractivity contribution in [3.63, 3.8) is 0 Å². The summed E-state index contributed by atoms with van der Waals surface area (Å²) in [6.07, 6.45) is 0. The summed E-state index contributed by atoms with van der Waals surface area (Å²) in [5, 5.41) is 11.4. The molecule has 0 fully saturated rings. The number of esters is 1. The Morgan fingerprint density at radius 3 is 2.48 bits per heavy atom. The number of hydrogen-bond donors (Lipinski definition) is 0. The van der Waals surface area contributed by atoms with Gasteiger partial charge < -0.3 is 4.74 Å². The molecule has 0 heterocycles. The van der Waals surface area contributed by atoms with Gasteiger partial charge in [0.15, 0.2) is 0 Å². The summed E-state index contributed by atoms with van der Waals surface area (Å²) in [6, 6.07) is 9.45. The van der Waals surface area contributed by atoms with Gasteiger partial charge in [0, 0.05) is 16.7 Å². The van der Waals surface area contributed by atoms with E-state index < -0.39 is 22.1 Å². The molecule has 7 heteroatoms. The minimum absolute atomic E-state index is 0.0399. The van der Waals surface area contributed by atoms with E-state index in [2.05, 4.69) is 0 Å². The van der Waals surface area contributed by atoms with Crippen LogP contribution in [0.5, 0.6) is 0 Å². The smallest absolute Gasteiger partial charge is 0.320 e. The van der Waals surface area contributed by atoms with Crippen LogP contribution in [0.1, 0.15) is 18.1 Å². The third kappa shape index (κ3) is 2.90. The highest BCUT2D eigenvalue weighted by Gasteiger charge is 2.44. The fourth-order valence-corrected chi connectivity index (χ4v) is 2.68. The molecule has 0 saturated carbocycles. The predicted molar refractivity (Wildman–Crippen MR) is 83.0 cm³/mol. The van der Waals surface area contributed by atoms with E-state index >= 15 is 0 Å². The highest BCUT2D eigenvalue weighted by Crippen LogP contribution is 2.40. The maximum atomic E-state index is 14.4. The molecule has 5 nitrogen and oxygen atoms in total. The molecule has 0 radical (unpaired) electrons. The number of ether oxygens (including phenoxy) is 1. The summed E-state index contributed by atoms with van der Waals surface area (Å²) in [7, 11) is 1.14. The van der Waals surface area contributed by atoms with E-state index in [0.717, 1.165) is 13.2 Å². The topological polar surface area (TPSA) is 69.4 Å². The summed E-state index contributed by atoms with van der Waals surface area (Å²) in [4.78, 5) is 23.1. The Morgan fingerprint density at radius 2 is 1.91 bits per heavy atom. The van der Waals surface area contributed by atoms with E-state index in [4.69, 9.17) is 16.3 Å². The molecule has 0 aromatic heterocycles. The Bertz CT molecular complexity index is 780. The van der Waals surface area contributed by atoms with Gasteiger partial charge in [0.2, 0.25) is 0 Å². The van der Waals surface area contributed by atoms with Crippen LogP contribution < -0.4 is 0 Å². The third-order valence-corrected chi connectivity index (χ3v) is 3.94. The van der Waals surface area contributed by atoms with Gasteiger partial charge in [0.05, 0.1) is 17.6 Å². The van der Waals surface area contributed by atoms with Gasteiger partial charge in [-0.25, -0.2) is 4.39 Å². The fraction of sp³-hybridized carbons (Fsp3) is 0.188. The minimum Gasteiger partial charge on any atom is -0.468 e. The number of halogens is 2. The van der Waals surface area contributed by atoms with Crippen molar-refractivity contribution in [2.75, 3.05) is 7.11 Å². The summed E-state index contributed by atoms with van der Waals surface area (Å²) in [6.45, 7) is 1.38. The number of rotatable bonds is 4. The number of para-hydroxylation sites is 1. The number of hydrogen-bond acceptors (Lipinski definition) is 4. The van der Waals surface area contributed by atoms with Gasteiger partial charge in [0.25, 0.3) is 5.69 Å². The monoisotopic (exact) mass is 337 g/mol. The maximum Gasteiger partial charge on any atom is 0.320 e. The number of carbonyl (C=O) groups is 1. The molecule has 0 saturated heterocycles. The second-order valence-corrected chi connectivity index (χ2v) is 5.45. The van der Waals surface area contributed by atoms with Crippen LogP contribution in [0.2, 0.25) is 5.02 Å². The van der Waals surface area contributed by atoms with Crippen LogP contribution in [-0.2, 0) is 14.9 Å². The van der Waals surface area contributed by atoms with Crippen LogP contribution in [0.25, 0.3) is 0 Å². The average molecular weight is 338 g/mol. The highest BCUT2D eigenvalue weighted by molar-refractivity contribution is 6.30. The van der Waals surface area contributed by atoms with Crippen LogP contribution in [0, 0.1) is 15.9 Å². The summed E-state index contributed by atoms with van der Waals surface area (Å²) >= 11 is 5.74. The van der Waals surface area contributed by atoms with Crippen LogP contribution >= 0.6 is 11.6 Å². The van der Waals surface area contributed by atoms with Crippen molar-refractivity contribution in [3.05, 3.63) is 74.5 Å². The molecule has 120 valence electrons. The zero-order chi connectivity index (χ0) is 17.2. The maximum absolute atomic E-state index is 14.4. The van der Waals surface area contributed by atoms with E-state index in [-0.39, 0.29) is 21.8 Å². The Labute approximate surface area is 136 Å². The zero-order valence-corrected chi connectivity index (χ0v) is 13.1. The van der Waals surface area contributed by atoms with Gasteiger partial charge in [-0.1, -0.05) is 35.9 Å². The molecule has 2 aromatic carbocycles. The van der Waals surface area contributed by atoms with E-state index in [0.29, 0.717) is 0 Å². The molecule has 2 aromatic rings. The molecule has 0 N–H and O–H groups in total.